The van der Waals surface area contributed by atoms with Gasteiger partial charge in [0, 0.05) is 12.1 Å². The van der Waals surface area contributed by atoms with Crippen molar-refractivity contribution in [3.63, 3.8) is 0 Å². The summed E-state index contributed by atoms with van der Waals surface area (Å²) in [6, 6.07) is 5.52. The summed E-state index contributed by atoms with van der Waals surface area (Å²) in [5, 5.41) is 0. The van der Waals surface area contributed by atoms with Gasteiger partial charge in [0.2, 0.25) is 0 Å². The molecule has 0 radical (unpaired) electrons. The van der Waals surface area contributed by atoms with Crippen LogP contribution in [0.5, 0.6) is 0 Å². The molecular formula is C13H15NO2. The Morgan fingerprint density at radius 2 is 2.19 bits per heavy atom. The molecule has 0 saturated heterocycles. The monoisotopic (exact) mass is 217 g/mol. The fourth-order valence-corrected chi connectivity index (χ4v) is 1.80. The SMILES string of the molecule is COC(=O)c1ccc2c(c1)CC(C(C)C)=N2. The van der Waals surface area contributed by atoms with Crippen molar-refractivity contribution in [3.05, 3.63) is 29.3 Å². The predicted octanol–water partition coefficient (Wildman–Crippen LogP) is 2.76. The molecule has 0 spiro atoms. The number of carbonyl (C=O) groups excluding carboxylic acids is 1. The molecule has 0 aliphatic carbocycles. The molecule has 3 heteroatoms. The van der Waals surface area contributed by atoms with Gasteiger partial charge in [0.1, 0.15) is 0 Å². The molecule has 0 N–H and O–H groups in total. The Balaban J connectivity index is 2.30. The third-order valence-corrected chi connectivity index (χ3v) is 2.80. The van der Waals surface area contributed by atoms with Crippen LogP contribution in [0.1, 0.15) is 29.8 Å². The Labute approximate surface area is 95.2 Å². The lowest BCUT2D eigenvalue weighted by Crippen LogP contribution is -2.07. The van der Waals surface area contributed by atoms with Gasteiger partial charge in [-0.1, -0.05) is 13.8 Å². The minimum Gasteiger partial charge on any atom is -0.465 e. The number of fused-ring (bicyclic) bond motifs is 1. The van der Waals surface area contributed by atoms with Crippen molar-refractivity contribution in [2.75, 3.05) is 7.11 Å². The molecule has 1 aromatic carbocycles. The van der Waals surface area contributed by atoms with Crippen LogP contribution in [0.15, 0.2) is 23.2 Å². The lowest BCUT2D eigenvalue weighted by Gasteiger charge is -2.03. The second-order valence-electron chi connectivity index (χ2n) is 4.27. The van der Waals surface area contributed by atoms with Crippen LogP contribution in [-0.4, -0.2) is 18.8 Å². The Hall–Kier alpha value is -1.64. The van der Waals surface area contributed by atoms with Crippen molar-refractivity contribution in [3.8, 4) is 0 Å². The standard InChI is InChI=1S/C13H15NO2/c1-8(2)12-7-10-6-9(13(15)16-3)4-5-11(10)14-12/h4-6,8H,7H2,1-3H3. The first-order valence-corrected chi connectivity index (χ1v) is 5.40. The molecule has 0 aromatic heterocycles. The highest BCUT2D eigenvalue weighted by atomic mass is 16.5. The molecule has 0 saturated carbocycles. The molecule has 1 heterocycles. The molecule has 0 amide bonds. The first-order valence-electron chi connectivity index (χ1n) is 5.40. The van der Waals surface area contributed by atoms with Gasteiger partial charge >= 0.3 is 5.97 Å². The van der Waals surface area contributed by atoms with Crippen LogP contribution in [0.25, 0.3) is 0 Å². The maximum Gasteiger partial charge on any atom is 0.337 e. The van der Waals surface area contributed by atoms with Crippen LogP contribution in [0.2, 0.25) is 0 Å². The van der Waals surface area contributed by atoms with Gasteiger partial charge in [0.05, 0.1) is 18.4 Å². The summed E-state index contributed by atoms with van der Waals surface area (Å²) in [6.07, 6.45) is 0.845. The van der Waals surface area contributed by atoms with Crippen LogP contribution in [0.3, 0.4) is 0 Å². The van der Waals surface area contributed by atoms with Gasteiger partial charge in [-0.2, -0.15) is 0 Å². The van der Waals surface area contributed by atoms with Crippen molar-refractivity contribution in [1.29, 1.82) is 0 Å². The summed E-state index contributed by atoms with van der Waals surface area (Å²) < 4.78 is 4.69. The number of esters is 1. The zero-order valence-electron chi connectivity index (χ0n) is 9.78. The fourth-order valence-electron chi connectivity index (χ4n) is 1.80. The molecule has 0 bridgehead atoms. The lowest BCUT2D eigenvalue weighted by molar-refractivity contribution is 0.0600. The number of carbonyl (C=O) groups is 1. The van der Waals surface area contributed by atoms with Gasteiger partial charge in [0.25, 0.3) is 0 Å². The van der Waals surface area contributed by atoms with Crippen LogP contribution in [0, 0.1) is 5.92 Å². The van der Waals surface area contributed by atoms with Gasteiger partial charge in [-0.05, 0) is 29.7 Å². The average Bonchev–Trinajstić information content (AvgIpc) is 2.70. The molecule has 1 aliphatic rings. The van der Waals surface area contributed by atoms with Crippen molar-refractivity contribution in [1.82, 2.24) is 0 Å². The maximum absolute atomic E-state index is 11.4. The number of benzene rings is 1. The van der Waals surface area contributed by atoms with E-state index in [4.69, 9.17) is 4.74 Å². The Bertz CT molecular complexity index is 461. The molecule has 2 rings (SSSR count). The number of aliphatic imine (C=N–C) groups is 1. The van der Waals surface area contributed by atoms with E-state index in [0.717, 1.165) is 17.7 Å². The van der Waals surface area contributed by atoms with E-state index in [1.807, 2.05) is 12.1 Å². The van der Waals surface area contributed by atoms with Gasteiger partial charge < -0.3 is 4.74 Å². The van der Waals surface area contributed by atoms with Crippen LogP contribution < -0.4 is 0 Å². The number of rotatable bonds is 2. The van der Waals surface area contributed by atoms with Crippen molar-refractivity contribution >= 4 is 17.4 Å². The third-order valence-electron chi connectivity index (χ3n) is 2.80. The van der Waals surface area contributed by atoms with E-state index in [1.54, 1.807) is 6.07 Å². The lowest BCUT2D eigenvalue weighted by atomic mass is 10.0. The summed E-state index contributed by atoms with van der Waals surface area (Å²) in [4.78, 5) is 15.9. The summed E-state index contributed by atoms with van der Waals surface area (Å²) in [7, 11) is 1.39. The highest BCUT2D eigenvalue weighted by Gasteiger charge is 2.18. The number of hydrogen-bond donors (Lipinski definition) is 0. The topological polar surface area (TPSA) is 38.7 Å². The van der Waals surface area contributed by atoms with E-state index in [0.29, 0.717) is 11.5 Å². The minimum absolute atomic E-state index is 0.291. The van der Waals surface area contributed by atoms with Crippen molar-refractivity contribution in [2.24, 2.45) is 10.9 Å². The number of methoxy groups -OCH3 is 1. The third kappa shape index (κ3) is 1.85. The van der Waals surface area contributed by atoms with E-state index in [1.165, 1.54) is 12.8 Å². The number of hydrogen-bond acceptors (Lipinski definition) is 3. The zero-order valence-corrected chi connectivity index (χ0v) is 9.78. The first-order chi connectivity index (χ1) is 7.61. The summed E-state index contributed by atoms with van der Waals surface area (Å²) >= 11 is 0. The normalized spacial score (nSPS) is 13.6. The fraction of sp³-hybridized carbons (Fsp3) is 0.385. The van der Waals surface area contributed by atoms with Crippen LogP contribution in [-0.2, 0) is 11.2 Å². The smallest absolute Gasteiger partial charge is 0.337 e. The molecule has 3 nitrogen and oxygen atoms in total. The molecule has 0 fully saturated rings. The molecule has 0 atom stereocenters. The molecule has 84 valence electrons. The number of nitrogens with zero attached hydrogens (tertiary/aromatic N) is 1. The highest BCUT2D eigenvalue weighted by Crippen LogP contribution is 2.29. The van der Waals surface area contributed by atoms with Gasteiger partial charge in [-0.25, -0.2) is 4.79 Å². The second-order valence-corrected chi connectivity index (χ2v) is 4.27. The summed E-state index contributed by atoms with van der Waals surface area (Å²) in [5.74, 6) is 0.162. The molecule has 0 unspecified atom stereocenters. The molecule has 1 aromatic rings. The molecule has 16 heavy (non-hydrogen) atoms. The van der Waals surface area contributed by atoms with Crippen molar-refractivity contribution in [2.45, 2.75) is 20.3 Å². The Morgan fingerprint density at radius 1 is 1.44 bits per heavy atom. The van der Waals surface area contributed by atoms with Gasteiger partial charge in [-0.15, -0.1) is 0 Å². The van der Waals surface area contributed by atoms with E-state index in [9.17, 15) is 4.79 Å². The second kappa shape index (κ2) is 4.08. The molecular weight excluding hydrogens is 202 g/mol. The predicted molar refractivity (Wildman–Crippen MR) is 63.4 cm³/mol. The van der Waals surface area contributed by atoms with E-state index in [2.05, 4.69) is 18.8 Å². The van der Waals surface area contributed by atoms with E-state index in [-0.39, 0.29) is 5.97 Å². The largest absolute Gasteiger partial charge is 0.465 e. The van der Waals surface area contributed by atoms with Crippen LogP contribution in [0.4, 0.5) is 5.69 Å². The minimum atomic E-state index is -0.291. The summed E-state index contributed by atoms with van der Waals surface area (Å²) in [5.41, 5.74) is 3.88. The van der Waals surface area contributed by atoms with Crippen molar-refractivity contribution < 1.29 is 9.53 Å². The van der Waals surface area contributed by atoms with Crippen LogP contribution >= 0.6 is 0 Å². The maximum atomic E-state index is 11.4. The highest BCUT2D eigenvalue weighted by molar-refractivity contribution is 5.97. The molecule has 1 aliphatic heterocycles. The summed E-state index contributed by atoms with van der Waals surface area (Å²) in [6.45, 7) is 4.26. The van der Waals surface area contributed by atoms with E-state index >= 15 is 0 Å². The van der Waals surface area contributed by atoms with Gasteiger partial charge in [-0.3, -0.25) is 4.99 Å². The zero-order chi connectivity index (χ0) is 11.7. The number of ether oxygens (including phenoxy) is 1. The first kappa shape index (κ1) is 10.9. The Kier molecular flexibility index (Phi) is 2.77. The van der Waals surface area contributed by atoms with Gasteiger partial charge in [0.15, 0.2) is 0 Å². The van der Waals surface area contributed by atoms with E-state index < -0.39 is 0 Å². The average molecular weight is 217 g/mol. The quantitative estimate of drug-likeness (QED) is 0.714. The Morgan fingerprint density at radius 3 is 2.81 bits per heavy atom.